The van der Waals surface area contributed by atoms with E-state index in [0.717, 1.165) is 45.4 Å². The first-order valence-corrected chi connectivity index (χ1v) is 11.3. The van der Waals surface area contributed by atoms with Crippen molar-refractivity contribution in [3.63, 3.8) is 0 Å². The first-order chi connectivity index (χ1) is 16.5. The smallest absolute Gasteiger partial charge is 0.274 e. The number of aryl methyl sites for hydroxylation is 3. The molecule has 0 saturated carbocycles. The fourth-order valence-corrected chi connectivity index (χ4v) is 4.30. The van der Waals surface area contributed by atoms with Crippen LogP contribution in [0.2, 0.25) is 0 Å². The lowest BCUT2D eigenvalue weighted by molar-refractivity contribution is 0.740. The molecule has 5 aromatic rings. The molecule has 0 amide bonds. The molecule has 0 aliphatic carbocycles. The Kier molecular flexibility index (Phi) is 5.71. The lowest BCUT2D eigenvalue weighted by atomic mass is 9.98. The molecule has 170 valence electrons. The molecule has 0 radical (unpaired) electrons. The van der Waals surface area contributed by atoms with E-state index in [2.05, 4.69) is 49.6 Å². The molecule has 3 heterocycles. The summed E-state index contributed by atoms with van der Waals surface area (Å²) in [5, 5.41) is 14.4. The predicted molar refractivity (Wildman–Crippen MR) is 131 cm³/mol. The van der Waals surface area contributed by atoms with Crippen molar-refractivity contribution in [2.75, 3.05) is 0 Å². The zero-order chi connectivity index (χ0) is 23.7. The van der Waals surface area contributed by atoms with E-state index in [-0.39, 0.29) is 5.56 Å². The fraction of sp³-hybridized carbons (Fsp3) is 0.231. The molecule has 0 aliphatic heterocycles. The van der Waals surface area contributed by atoms with Gasteiger partial charge in [0.05, 0.1) is 6.54 Å². The van der Waals surface area contributed by atoms with Gasteiger partial charge in [-0.05, 0) is 53.8 Å². The molecule has 2 aromatic carbocycles. The highest BCUT2D eigenvalue weighted by molar-refractivity contribution is 5.80. The van der Waals surface area contributed by atoms with Crippen LogP contribution in [-0.4, -0.2) is 35.2 Å². The number of nitrogens with one attached hydrogen (secondary N) is 1. The van der Waals surface area contributed by atoms with Crippen molar-refractivity contribution in [2.45, 2.75) is 40.2 Å². The minimum absolute atomic E-state index is 0.0709. The largest absolute Gasteiger partial charge is 0.285 e. The van der Waals surface area contributed by atoms with E-state index in [0.29, 0.717) is 30.1 Å². The van der Waals surface area contributed by atoms with Crippen molar-refractivity contribution in [3.8, 4) is 22.5 Å². The zero-order valence-electron chi connectivity index (χ0n) is 19.4. The Balaban J connectivity index is 1.55. The van der Waals surface area contributed by atoms with E-state index in [9.17, 15) is 4.79 Å². The average molecular weight is 452 g/mol. The molecule has 0 aliphatic rings. The monoisotopic (exact) mass is 451 g/mol. The van der Waals surface area contributed by atoms with E-state index in [1.807, 2.05) is 56.3 Å². The number of tetrazole rings is 1. The van der Waals surface area contributed by atoms with Gasteiger partial charge in [-0.15, -0.1) is 10.2 Å². The minimum atomic E-state index is -0.0709. The van der Waals surface area contributed by atoms with Crippen LogP contribution in [0, 0.1) is 13.8 Å². The zero-order valence-corrected chi connectivity index (χ0v) is 19.4. The molecular weight excluding hydrogens is 426 g/mol. The van der Waals surface area contributed by atoms with Crippen LogP contribution in [0.1, 0.15) is 35.9 Å². The number of hydrogen-bond acceptors (Lipinski definition) is 6. The van der Waals surface area contributed by atoms with Crippen molar-refractivity contribution >= 4 is 11.2 Å². The summed E-state index contributed by atoms with van der Waals surface area (Å²) in [7, 11) is 0. The van der Waals surface area contributed by atoms with Gasteiger partial charge in [0.15, 0.2) is 5.65 Å². The Morgan fingerprint density at radius 1 is 0.971 bits per heavy atom. The molecular formula is C26H25N7O. The van der Waals surface area contributed by atoms with Gasteiger partial charge in [-0.25, -0.2) is 9.97 Å². The van der Waals surface area contributed by atoms with Gasteiger partial charge in [-0.1, -0.05) is 61.9 Å². The summed E-state index contributed by atoms with van der Waals surface area (Å²) in [6.07, 6.45) is 1.51. The van der Waals surface area contributed by atoms with Gasteiger partial charge in [0.1, 0.15) is 11.2 Å². The van der Waals surface area contributed by atoms with Crippen molar-refractivity contribution in [3.05, 3.63) is 87.5 Å². The second-order valence-corrected chi connectivity index (χ2v) is 8.43. The second-order valence-electron chi connectivity index (χ2n) is 8.43. The Bertz CT molecular complexity index is 1520. The van der Waals surface area contributed by atoms with E-state index < -0.39 is 0 Å². The Morgan fingerprint density at radius 3 is 2.44 bits per heavy atom. The van der Waals surface area contributed by atoms with E-state index in [1.165, 1.54) is 0 Å². The Hall–Kier alpha value is -4.20. The van der Waals surface area contributed by atoms with Crippen molar-refractivity contribution < 1.29 is 0 Å². The van der Waals surface area contributed by atoms with Crippen LogP contribution in [0.3, 0.4) is 0 Å². The number of fused-ring (bicyclic) bond motifs is 1. The SMILES string of the molecule is CCCc1nc2c(C)cc(C)nc2n(Cc2ccc(-c3ccccc3-c3nn[nH]n3)cc2)c1=O. The molecule has 34 heavy (non-hydrogen) atoms. The Morgan fingerprint density at radius 2 is 1.74 bits per heavy atom. The lowest BCUT2D eigenvalue weighted by Crippen LogP contribution is -2.27. The molecule has 0 saturated heterocycles. The third kappa shape index (κ3) is 3.98. The summed E-state index contributed by atoms with van der Waals surface area (Å²) >= 11 is 0. The molecule has 3 aromatic heterocycles. The number of nitrogens with zero attached hydrogens (tertiary/aromatic N) is 6. The second kappa shape index (κ2) is 8.97. The van der Waals surface area contributed by atoms with E-state index >= 15 is 0 Å². The number of H-pyrrole nitrogens is 1. The molecule has 0 fully saturated rings. The van der Waals surface area contributed by atoms with Crippen molar-refractivity contribution in [1.82, 2.24) is 35.2 Å². The highest BCUT2D eigenvalue weighted by Gasteiger charge is 2.15. The van der Waals surface area contributed by atoms with Gasteiger partial charge < -0.3 is 0 Å². The summed E-state index contributed by atoms with van der Waals surface area (Å²) in [6, 6.07) is 18.2. The maximum atomic E-state index is 13.3. The van der Waals surface area contributed by atoms with Crippen LogP contribution in [0.4, 0.5) is 0 Å². The minimum Gasteiger partial charge on any atom is -0.285 e. The summed E-state index contributed by atoms with van der Waals surface area (Å²) in [6.45, 7) is 6.44. The van der Waals surface area contributed by atoms with Gasteiger partial charge >= 0.3 is 0 Å². The molecule has 8 nitrogen and oxygen atoms in total. The molecule has 1 N–H and O–H groups in total. The Labute approximate surface area is 196 Å². The third-order valence-electron chi connectivity index (χ3n) is 5.89. The number of aromatic nitrogens is 7. The van der Waals surface area contributed by atoms with Crippen LogP contribution in [-0.2, 0) is 13.0 Å². The summed E-state index contributed by atoms with van der Waals surface area (Å²) in [5.74, 6) is 0.551. The van der Waals surface area contributed by atoms with Gasteiger partial charge in [-0.3, -0.25) is 9.36 Å². The van der Waals surface area contributed by atoms with Crippen molar-refractivity contribution in [2.24, 2.45) is 0 Å². The standard InChI is InChI=1S/C26H25N7O/c1-4-7-22-26(34)33(25-23(28-22)16(2)14-17(3)27-25)15-18-10-12-19(13-11-18)20-8-5-6-9-21(20)24-29-31-32-30-24/h5-6,8-14H,4,7,15H2,1-3H3,(H,29,30,31,32). The van der Waals surface area contributed by atoms with E-state index in [4.69, 9.17) is 0 Å². The summed E-state index contributed by atoms with van der Waals surface area (Å²) in [4.78, 5) is 22.7. The fourth-order valence-electron chi connectivity index (χ4n) is 4.30. The number of hydrogen-bond donors (Lipinski definition) is 1. The number of aromatic amines is 1. The van der Waals surface area contributed by atoms with Gasteiger partial charge in [0.2, 0.25) is 5.82 Å². The van der Waals surface area contributed by atoms with Crippen molar-refractivity contribution in [1.29, 1.82) is 0 Å². The third-order valence-corrected chi connectivity index (χ3v) is 5.89. The number of benzene rings is 2. The molecule has 0 spiro atoms. The maximum absolute atomic E-state index is 13.3. The number of rotatable bonds is 6. The molecule has 0 bridgehead atoms. The van der Waals surface area contributed by atoms with Crippen LogP contribution in [0.15, 0.2) is 59.4 Å². The molecule has 0 unspecified atom stereocenters. The first-order valence-electron chi connectivity index (χ1n) is 11.3. The van der Waals surface area contributed by atoms with Crippen LogP contribution in [0.5, 0.6) is 0 Å². The van der Waals surface area contributed by atoms with Crippen LogP contribution in [0.25, 0.3) is 33.7 Å². The number of pyridine rings is 1. The predicted octanol–water partition coefficient (Wildman–Crippen LogP) is 4.26. The molecule has 5 rings (SSSR count). The normalized spacial score (nSPS) is 11.3. The lowest BCUT2D eigenvalue weighted by Gasteiger charge is -2.14. The molecule has 8 heteroatoms. The highest BCUT2D eigenvalue weighted by atomic mass is 16.1. The highest BCUT2D eigenvalue weighted by Crippen LogP contribution is 2.30. The topological polar surface area (TPSA) is 102 Å². The van der Waals surface area contributed by atoms with Crippen LogP contribution < -0.4 is 5.56 Å². The first kappa shape index (κ1) is 21.6. The van der Waals surface area contributed by atoms with Gasteiger partial charge in [0, 0.05) is 11.3 Å². The average Bonchev–Trinajstić information content (AvgIpc) is 3.38. The van der Waals surface area contributed by atoms with E-state index in [1.54, 1.807) is 4.57 Å². The quantitative estimate of drug-likeness (QED) is 0.414. The van der Waals surface area contributed by atoms with Gasteiger partial charge in [-0.2, -0.15) is 5.21 Å². The van der Waals surface area contributed by atoms with Gasteiger partial charge in [0.25, 0.3) is 5.56 Å². The van der Waals surface area contributed by atoms with Crippen LogP contribution >= 0.6 is 0 Å². The maximum Gasteiger partial charge on any atom is 0.274 e. The summed E-state index contributed by atoms with van der Waals surface area (Å²) < 4.78 is 1.76. The summed E-state index contributed by atoms with van der Waals surface area (Å²) in [5.41, 5.74) is 7.81. The molecule has 0 atom stereocenters.